The number of amides is 4. The minimum atomic E-state index is -0.663. The van der Waals surface area contributed by atoms with Gasteiger partial charge in [0.05, 0.1) is 71.4 Å². The van der Waals surface area contributed by atoms with E-state index in [1.54, 1.807) is 39.0 Å². The van der Waals surface area contributed by atoms with Crippen molar-refractivity contribution in [1.29, 1.82) is 0 Å². The van der Waals surface area contributed by atoms with Crippen LogP contribution in [0.5, 0.6) is 5.75 Å². The third-order valence-electron chi connectivity index (χ3n) is 7.88. The van der Waals surface area contributed by atoms with Gasteiger partial charge >= 0.3 is 12.1 Å². The predicted octanol–water partition coefficient (Wildman–Crippen LogP) is 3.13. The van der Waals surface area contributed by atoms with Crippen LogP contribution in [-0.4, -0.2) is 107 Å². The van der Waals surface area contributed by atoms with Crippen molar-refractivity contribution in [1.82, 2.24) is 16.0 Å². The second-order valence-corrected chi connectivity index (χ2v) is 14.6. The van der Waals surface area contributed by atoms with Crippen LogP contribution < -0.4 is 26.0 Å². The van der Waals surface area contributed by atoms with Gasteiger partial charge in [-0.05, 0) is 62.6 Å². The van der Waals surface area contributed by atoms with E-state index in [0.717, 1.165) is 5.56 Å². The van der Waals surface area contributed by atoms with Crippen LogP contribution in [0, 0.1) is 23.2 Å². The molecule has 1 aliphatic heterocycles. The highest BCUT2D eigenvalue weighted by molar-refractivity contribution is 6.02. The quantitative estimate of drug-likeness (QED) is 0.197. The topological polar surface area (TPSA) is 189 Å². The summed E-state index contributed by atoms with van der Waals surface area (Å²) in [6.45, 7) is 15.8. The molecule has 53 heavy (non-hydrogen) atoms. The van der Waals surface area contributed by atoms with E-state index >= 15 is 0 Å². The molecule has 4 N–H and O–H groups in total. The molecule has 15 nitrogen and oxygen atoms in total. The second kappa shape index (κ2) is 23.4. The standard InChI is InChI=1S/C38H58N4O11/c1-27(37(2,3)4)24-29(41-36(47)53-38(5,6)7)25-28-8-9-31-30(26-28)42-34(45)12-16-48-20-22-50-18-14-39-32(43)10-11-33(44)40-15-19-51-23-21-49-17-13-35(46)52-31/h8-9,26-27,29H,12-25H2,1-7H3,(H,39,43)(H,40,44)(H,41,47)(H,42,45)/t27?,29-/m1/s1. The minimum absolute atomic E-state index is 0.00569. The number of hydrogen-bond donors (Lipinski definition) is 4. The minimum Gasteiger partial charge on any atom is -0.444 e. The number of esters is 1. The highest BCUT2D eigenvalue weighted by Gasteiger charge is 2.27. The first kappa shape index (κ1) is 44.9. The van der Waals surface area contributed by atoms with Gasteiger partial charge in [-0.25, -0.2) is 4.79 Å². The third-order valence-corrected chi connectivity index (χ3v) is 7.88. The number of nitrogens with one attached hydrogen (secondary N) is 4. The molecule has 1 aromatic carbocycles. The summed E-state index contributed by atoms with van der Waals surface area (Å²) in [7, 11) is 0. The predicted molar refractivity (Wildman–Crippen MR) is 197 cm³/mol. The first-order valence-electron chi connectivity index (χ1n) is 18.0. The van der Waals surface area contributed by atoms with Crippen LogP contribution in [0.2, 0.25) is 0 Å². The molecule has 296 valence electrons. The fourth-order valence-electron chi connectivity index (χ4n) is 4.65. The number of ether oxygens (including phenoxy) is 6. The van der Waals surface area contributed by atoms with E-state index in [1.165, 1.54) is 0 Å². The number of benzene rings is 1. The van der Waals surface area contributed by atoms with E-state index < -0.39 is 29.5 Å². The monoisotopic (exact) mass is 746 g/mol. The van der Waals surface area contributed by atoms with Gasteiger partial charge in [-0.3, -0.25) is 19.2 Å². The van der Waals surface area contributed by atoms with Crippen molar-refractivity contribution in [3.05, 3.63) is 23.8 Å². The fraction of sp³-hybridized carbons (Fsp3) is 0.658. The average Bonchev–Trinajstić information content (AvgIpc) is 3.05. The van der Waals surface area contributed by atoms with Gasteiger partial charge < -0.3 is 49.7 Å². The number of carbonyl (C=O) groups excluding carboxylic acids is 5. The van der Waals surface area contributed by atoms with Crippen LogP contribution >= 0.6 is 0 Å². The zero-order valence-electron chi connectivity index (χ0n) is 32.3. The summed E-state index contributed by atoms with van der Waals surface area (Å²) in [5.74, 6) is 2.67. The zero-order valence-corrected chi connectivity index (χ0v) is 32.3. The lowest BCUT2D eigenvalue weighted by Gasteiger charge is -2.32. The third kappa shape index (κ3) is 21.2. The number of alkyl carbamates (subject to hydrolysis) is 1. The van der Waals surface area contributed by atoms with Gasteiger partial charge in [-0.1, -0.05) is 33.8 Å². The maximum Gasteiger partial charge on any atom is 0.407 e. The molecule has 0 radical (unpaired) electrons. The van der Waals surface area contributed by atoms with Crippen molar-refractivity contribution in [2.45, 2.75) is 85.8 Å². The Balaban J connectivity index is 2.16. The van der Waals surface area contributed by atoms with Crippen LogP contribution in [0.1, 0.15) is 73.3 Å². The van der Waals surface area contributed by atoms with E-state index in [9.17, 15) is 24.0 Å². The summed E-state index contributed by atoms with van der Waals surface area (Å²) in [6, 6.07) is 4.87. The molecule has 2 atom stereocenters. The molecule has 0 aliphatic carbocycles. The Morgan fingerprint density at radius 1 is 0.811 bits per heavy atom. The molecule has 2 rings (SSSR count). The van der Waals surface area contributed by atoms with Crippen LogP contribution in [0.15, 0.2) is 18.2 Å². The van der Waals surface area contributed by atoms with Crippen LogP contribution in [0.3, 0.4) is 0 Å². The molecule has 15 heteroatoms. The molecule has 0 bridgehead atoms. The van der Waals surface area contributed by atoms with E-state index in [0.29, 0.717) is 18.5 Å². The number of fused-ring (bicyclic) bond motifs is 1. The van der Waals surface area contributed by atoms with Gasteiger partial charge in [-0.15, -0.1) is 0 Å². The molecule has 0 aromatic heterocycles. The molecular weight excluding hydrogens is 688 g/mol. The molecular formula is C38H58N4O11. The van der Waals surface area contributed by atoms with Gasteiger partial charge in [0.2, 0.25) is 5.91 Å². The van der Waals surface area contributed by atoms with Crippen molar-refractivity contribution < 1.29 is 52.4 Å². The van der Waals surface area contributed by atoms with Gasteiger partial charge in [0.15, 0.2) is 5.75 Å². The van der Waals surface area contributed by atoms with Crippen molar-refractivity contribution >= 4 is 35.5 Å². The SMILES string of the molecule is CC(C[C@H](Cc1ccc2c(c1)NC(=O)CCOCCOCCNC(=O)C#CC(=O)NCCOCCOCCC(=O)O2)NC(=O)OC(C)(C)C)C(C)(C)C. The van der Waals surface area contributed by atoms with E-state index in [4.69, 9.17) is 28.4 Å². The van der Waals surface area contributed by atoms with Crippen molar-refractivity contribution in [2.75, 3.05) is 71.3 Å². The van der Waals surface area contributed by atoms with Gasteiger partial charge in [0, 0.05) is 31.0 Å². The van der Waals surface area contributed by atoms with Crippen LogP contribution in [-0.2, 0) is 49.3 Å². The smallest absolute Gasteiger partial charge is 0.407 e. The summed E-state index contributed by atoms with van der Waals surface area (Å²) < 4.78 is 33.0. The lowest BCUT2D eigenvalue weighted by atomic mass is 9.78. The highest BCUT2D eigenvalue weighted by Crippen LogP contribution is 2.31. The number of anilines is 1. The number of carbonyl (C=O) groups is 5. The fourth-order valence-corrected chi connectivity index (χ4v) is 4.65. The molecule has 1 aliphatic rings. The Morgan fingerprint density at radius 2 is 1.36 bits per heavy atom. The first-order valence-corrected chi connectivity index (χ1v) is 18.0. The number of rotatable bonds is 5. The summed E-state index contributed by atoms with van der Waals surface area (Å²) >= 11 is 0. The Morgan fingerprint density at radius 3 is 1.91 bits per heavy atom. The molecule has 1 heterocycles. The largest absolute Gasteiger partial charge is 0.444 e. The van der Waals surface area contributed by atoms with E-state index in [-0.39, 0.29) is 108 Å². The van der Waals surface area contributed by atoms with E-state index in [2.05, 4.69) is 60.8 Å². The molecule has 0 spiro atoms. The Bertz CT molecular complexity index is 1410. The van der Waals surface area contributed by atoms with E-state index in [1.807, 2.05) is 0 Å². The summed E-state index contributed by atoms with van der Waals surface area (Å²) in [5, 5.41) is 10.9. The lowest BCUT2D eigenvalue weighted by Crippen LogP contribution is -2.42. The average molecular weight is 747 g/mol. The van der Waals surface area contributed by atoms with Crippen LogP contribution in [0.25, 0.3) is 0 Å². The second-order valence-electron chi connectivity index (χ2n) is 14.6. The normalized spacial score (nSPS) is 18.5. The number of hydrogen-bond acceptors (Lipinski definition) is 11. The lowest BCUT2D eigenvalue weighted by molar-refractivity contribution is -0.135. The highest BCUT2D eigenvalue weighted by atomic mass is 16.6. The van der Waals surface area contributed by atoms with Gasteiger partial charge in [-0.2, -0.15) is 0 Å². The molecule has 1 aromatic rings. The molecule has 4 amide bonds. The Kier molecular flexibility index (Phi) is 19.9. The summed E-state index contributed by atoms with van der Waals surface area (Å²) in [5.41, 5.74) is 0.426. The van der Waals surface area contributed by atoms with Crippen molar-refractivity contribution in [3.8, 4) is 17.6 Å². The van der Waals surface area contributed by atoms with Gasteiger partial charge in [0.1, 0.15) is 5.60 Å². The van der Waals surface area contributed by atoms with Crippen LogP contribution in [0.4, 0.5) is 10.5 Å². The van der Waals surface area contributed by atoms with Crippen molar-refractivity contribution in [2.24, 2.45) is 11.3 Å². The Labute approximate surface area is 313 Å². The maximum absolute atomic E-state index is 13.0. The molecule has 0 fully saturated rings. The summed E-state index contributed by atoms with van der Waals surface area (Å²) in [4.78, 5) is 62.2. The first-order chi connectivity index (χ1) is 25.0. The Hall–Kier alpha value is -4.23. The van der Waals surface area contributed by atoms with Crippen molar-refractivity contribution in [3.63, 3.8) is 0 Å². The molecule has 0 saturated carbocycles. The summed E-state index contributed by atoms with van der Waals surface area (Å²) in [6.07, 6.45) is 0.547. The van der Waals surface area contributed by atoms with Gasteiger partial charge in [0.25, 0.3) is 11.8 Å². The molecule has 1 unspecified atom stereocenters. The maximum atomic E-state index is 13.0. The zero-order chi connectivity index (χ0) is 39.3. The molecule has 0 saturated heterocycles.